The lowest BCUT2D eigenvalue weighted by atomic mass is 9.41. The van der Waals surface area contributed by atoms with Gasteiger partial charge >= 0.3 is 0 Å². The minimum atomic E-state index is -0.637. The lowest BCUT2D eigenvalue weighted by Crippen LogP contribution is -2.55. The Morgan fingerprint density at radius 3 is 0.841 bits per heavy atom. The number of hydrogen-bond acceptors (Lipinski definition) is 6. The molecule has 4 aromatic carbocycles. The first-order valence-electron chi connectivity index (χ1n) is 24.3. The van der Waals surface area contributed by atoms with Crippen LogP contribution in [0.15, 0.2) is 54.6 Å². The summed E-state index contributed by atoms with van der Waals surface area (Å²) in [6.45, 7) is 0. The average molecular weight is 856 g/mol. The monoisotopic (exact) mass is 855 g/mol. The van der Waals surface area contributed by atoms with Crippen molar-refractivity contribution in [1.82, 2.24) is 0 Å². The van der Waals surface area contributed by atoms with E-state index in [4.69, 9.17) is 31.4 Å². The van der Waals surface area contributed by atoms with Gasteiger partial charge < -0.3 is 31.4 Å². The fourth-order valence-electron chi connectivity index (χ4n) is 17.9. The van der Waals surface area contributed by atoms with Gasteiger partial charge in [0, 0.05) is 57.2 Å². The molecule has 63 heavy (non-hydrogen) atoms. The zero-order chi connectivity index (χ0) is 42.6. The fourth-order valence-corrected chi connectivity index (χ4v) is 17.9. The van der Waals surface area contributed by atoms with Crippen LogP contribution in [0.4, 0.5) is 30.2 Å². The molecule has 12 bridgehead atoms. The molecule has 9 heteroatoms. The van der Waals surface area contributed by atoms with E-state index >= 15 is 13.2 Å². The summed E-state index contributed by atoms with van der Waals surface area (Å²) < 4.78 is 71.1. The van der Waals surface area contributed by atoms with Crippen LogP contribution in [-0.2, 0) is 16.2 Å². The molecule has 6 nitrogen and oxygen atoms in total. The summed E-state index contributed by atoms with van der Waals surface area (Å²) in [5, 5.41) is 0. The van der Waals surface area contributed by atoms with Crippen LogP contribution in [-0.4, -0.2) is 0 Å². The predicted octanol–water partition coefficient (Wildman–Crippen LogP) is 13.6. The topological polar surface area (TPSA) is 106 Å². The van der Waals surface area contributed by atoms with Crippen LogP contribution in [0, 0.1) is 70.7 Å². The molecule has 6 N–H and O–H groups in total. The van der Waals surface area contributed by atoms with Crippen molar-refractivity contribution in [3.05, 3.63) is 88.7 Å². The summed E-state index contributed by atoms with van der Waals surface area (Å²) in [4.78, 5) is 0. The number of benzene rings is 4. The van der Waals surface area contributed by atoms with E-state index in [1.807, 2.05) is 0 Å². The smallest absolute Gasteiger partial charge is 0.213 e. The van der Waals surface area contributed by atoms with Crippen molar-refractivity contribution in [3.63, 3.8) is 0 Å². The van der Waals surface area contributed by atoms with E-state index in [1.165, 1.54) is 92.7 Å². The number of ether oxygens (including phenoxy) is 3. The SMILES string of the molecule is Nc1ccc(Oc2c(Oc3ccc(N)cc3F)c(C34CC5CC(CC(C5)C3)C4)c(C34CC5CC(CC(C5)C3)C4)c(C34CC5CC(CC(C5)C3)C4)c2Oc2ccc(N)cc2F)c(F)c1. The molecule has 12 aliphatic rings. The highest BCUT2D eigenvalue weighted by Gasteiger charge is 2.62. The third-order valence-electron chi connectivity index (χ3n) is 18.6. The third kappa shape index (κ3) is 6.16. The van der Waals surface area contributed by atoms with Gasteiger partial charge in [-0.1, -0.05) is 0 Å². The molecule has 16 rings (SSSR count). The molecule has 12 aliphatic carbocycles. The van der Waals surface area contributed by atoms with Gasteiger partial charge in [-0.2, -0.15) is 0 Å². The van der Waals surface area contributed by atoms with Gasteiger partial charge in [0.15, 0.2) is 46.2 Å². The summed E-state index contributed by atoms with van der Waals surface area (Å²) in [5.74, 6) is 4.53. The van der Waals surface area contributed by atoms with Gasteiger partial charge in [-0.15, -0.1) is 0 Å². The highest BCUT2D eigenvalue weighted by molar-refractivity contribution is 5.73. The normalized spacial score (nSPS) is 37.5. The number of nitrogen functional groups attached to an aromatic ring is 3. The molecule has 0 saturated heterocycles. The number of rotatable bonds is 9. The van der Waals surface area contributed by atoms with E-state index in [0.717, 1.165) is 57.8 Å². The Kier molecular flexibility index (Phi) is 8.48. The Bertz CT molecular complexity index is 2320. The number of hydrogen-bond donors (Lipinski definition) is 3. The summed E-state index contributed by atoms with van der Waals surface area (Å²) in [6.07, 6.45) is 20.7. The second-order valence-corrected chi connectivity index (χ2v) is 23.1. The van der Waals surface area contributed by atoms with Crippen LogP contribution in [0.3, 0.4) is 0 Å². The Balaban J connectivity index is 1.19. The Labute approximate surface area is 368 Å². The number of anilines is 3. The lowest BCUT2D eigenvalue weighted by Gasteiger charge is -2.63. The number of halogens is 3. The van der Waals surface area contributed by atoms with Crippen molar-refractivity contribution in [3.8, 4) is 34.5 Å². The largest absolute Gasteiger partial charge is 0.450 e. The standard InChI is InChI=1S/C54H60F3N3O3/c55-40-16-37(58)1-4-43(40)61-49-47(53-22-31-10-32(23-53)12-33(11-31)24-53)46(52-19-28-7-29(20-52)9-30(8-28)21-52)48(54-25-34-13-35(26-54)15-36(14-34)27-54)50(62-44-5-2-38(59)17-41(44)56)51(49)63-45-6-3-39(60)18-42(45)57/h1-6,16-18,28-36H,7-15,19-27,58-60H2. The van der Waals surface area contributed by atoms with E-state index in [1.54, 1.807) is 36.4 Å². The number of nitrogens with two attached hydrogens (primary N) is 3. The summed E-state index contributed by atoms with van der Waals surface area (Å²) in [6, 6.07) is 13.5. The summed E-state index contributed by atoms with van der Waals surface area (Å²) >= 11 is 0. The molecule has 0 unspecified atom stereocenters. The van der Waals surface area contributed by atoms with Gasteiger partial charge in [0.1, 0.15) is 0 Å². The molecule has 0 aliphatic heterocycles. The van der Waals surface area contributed by atoms with Gasteiger partial charge in [-0.3, -0.25) is 0 Å². The first-order valence-corrected chi connectivity index (χ1v) is 24.3. The predicted molar refractivity (Wildman–Crippen MR) is 239 cm³/mol. The van der Waals surface area contributed by atoms with E-state index in [9.17, 15) is 0 Å². The van der Waals surface area contributed by atoms with Crippen LogP contribution < -0.4 is 31.4 Å². The molecule has 330 valence electrons. The van der Waals surface area contributed by atoms with Crippen molar-refractivity contribution >= 4 is 17.1 Å². The first-order chi connectivity index (χ1) is 30.4. The third-order valence-corrected chi connectivity index (χ3v) is 18.6. The summed E-state index contributed by atoms with van der Waals surface area (Å²) in [7, 11) is 0. The molecular weight excluding hydrogens is 796 g/mol. The molecule has 4 aromatic rings. The van der Waals surface area contributed by atoms with Crippen molar-refractivity contribution in [2.75, 3.05) is 17.2 Å². The molecule has 0 atom stereocenters. The summed E-state index contributed by atoms with van der Waals surface area (Å²) in [5.41, 5.74) is 22.3. The molecule has 12 fully saturated rings. The Hall–Kier alpha value is -4.53. The average Bonchev–Trinajstić information content (AvgIpc) is 3.20. The van der Waals surface area contributed by atoms with Crippen molar-refractivity contribution in [2.45, 2.75) is 132 Å². The van der Waals surface area contributed by atoms with Gasteiger partial charge in [0.2, 0.25) is 5.75 Å². The molecular formula is C54H60F3N3O3. The molecule has 0 heterocycles. The van der Waals surface area contributed by atoms with Crippen LogP contribution in [0.2, 0.25) is 0 Å². The first kappa shape index (κ1) is 38.9. The van der Waals surface area contributed by atoms with E-state index in [-0.39, 0.29) is 56.3 Å². The molecule has 0 spiro atoms. The van der Waals surface area contributed by atoms with Crippen LogP contribution in [0.25, 0.3) is 0 Å². The van der Waals surface area contributed by atoms with E-state index < -0.39 is 17.5 Å². The minimum Gasteiger partial charge on any atom is -0.450 e. The van der Waals surface area contributed by atoms with Gasteiger partial charge in [0.25, 0.3) is 0 Å². The molecule has 0 amide bonds. The maximum Gasteiger partial charge on any atom is 0.213 e. The second-order valence-electron chi connectivity index (χ2n) is 23.1. The Morgan fingerprint density at radius 2 is 0.587 bits per heavy atom. The second kappa shape index (κ2) is 13.7. The zero-order valence-electron chi connectivity index (χ0n) is 36.2. The zero-order valence-corrected chi connectivity index (χ0v) is 36.2. The van der Waals surface area contributed by atoms with Crippen LogP contribution in [0.5, 0.6) is 34.5 Å². The maximum absolute atomic E-state index is 16.5. The fraction of sp³-hybridized carbons (Fsp3) is 0.556. The molecule has 0 radical (unpaired) electrons. The molecule has 0 aromatic heterocycles. The molecule has 12 saturated carbocycles. The van der Waals surface area contributed by atoms with Crippen molar-refractivity contribution in [2.24, 2.45) is 53.3 Å². The minimum absolute atomic E-state index is 0.0152. The van der Waals surface area contributed by atoms with Crippen LogP contribution >= 0.6 is 0 Å². The van der Waals surface area contributed by atoms with E-state index in [2.05, 4.69) is 0 Å². The quantitative estimate of drug-likeness (QED) is 0.145. The van der Waals surface area contributed by atoms with Crippen LogP contribution in [0.1, 0.15) is 132 Å². The van der Waals surface area contributed by atoms with E-state index in [0.29, 0.717) is 64.8 Å². The van der Waals surface area contributed by atoms with Gasteiger partial charge in [-0.05, 0) is 216 Å². The van der Waals surface area contributed by atoms with Crippen molar-refractivity contribution in [1.29, 1.82) is 0 Å². The Morgan fingerprint density at radius 1 is 0.349 bits per heavy atom. The van der Waals surface area contributed by atoms with Gasteiger partial charge in [-0.25, -0.2) is 13.2 Å². The maximum atomic E-state index is 16.5. The lowest BCUT2D eigenvalue weighted by molar-refractivity contribution is -0.0255. The highest BCUT2D eigenvalue weighted by Crippen LogP contribution is 2.73. The highest BCUT2D eigenvalue weighted by atomic mass is 19.1. The van der Waals surface area contributed by atoms with Crippen molar-refractivity contribution < 1.29 is 27.4 Å². The van der Waals surface area contributed by atoms with Gasteiger partial charge in [0.05, 0.1) is 0 Å².